The molecule has 23 heavy (non-hydrogen) atoms. The van der Waals surface area contributed by atoms with E-state index in [1.807, 2.05) is 0 Å². The molecule has 0 bridgehead atoms. The van der Waals surface area contributed by atoms with E-state index < -0.39 is 0 Å². The highest BCUT2D eigenvalue weighted by Crippen LogP contribution is 2.25. The molecule has 4 heteroatoms. The van der Waals surface area contributed by atoms with Gasteiger partial charge in [0, 0.05) is 12.8 Å². The Bertz CT molecular complexity index is 337. The highest BCUT2D eigenvalue weighted by atomic mass is 16.7. The summed E-state index contributed by atoms with van der Waals surface area (Å²) >= 11 is 0. The average molecular weight is 326 g/mol. The predicted octanol–water partition coefficient (Wildman–Crippen LogP) is 4.43. The van der Waals surface area contributed by atoms with E-state index in [-0.39, 0.29) is 18.7 Å². The molecule has 0 aliphatic carbocycles. The Labute approximate surface area is 141 Å². The number of rotatable bonds is 8. The van der Waals surface area contributed by atoms with Gasteiger partial charge in [0.15, 0.2) is 12.6 Å². The van der Waals surface area contributed by atoms with Gasteiger partial charge in [0.25, 0.3) is 0 Å². The van der Waals surface area contributed by atoms with Crippen LogP contribution < -0.4 is 0 Å². The molecule has 0 aromatic rings. The van der Waals surface area contributed by atoms with E-state index in [2.05, 4.69) is 27.4 Å². The monoisotopic (exact) mass is 326 g/mol. The zero-order chi connectivity index (χ0) is 16.7. The first-order valence-corrected chi connectivity index (χ1v) is 9.27. The Balaban J connectivity index is 1.64. The van der Waals surface area contributed by atoms with Gasteiger partial charge < -0.3 is 18.9 Å². The average Bonchev–Trinajstić information content (AvgIpc) is 2.55. The fourth-order valence-corrected chi connectivity index (χ4v) is 3.03. The zero-order valence-corrected chi connectivity index (χ0v) is 15.1. The molecule has 4 nitrogen and oxygen atoms in total. The van der Waals surface area contributed by atoms with Crippen molar-refractivity contribution < 1.29 is 18.9 Å². The first-order chi connectivity index (χ1) is 11.1. The molecule has 0 spiro atoms. The third kappa shape index (κ3) is 6.92. The summed E-state index contributed by atoms with van der Waals surface area (Å²) in [5.74, 6) is 0.726. The van der Waals surface area contributed by atoms with Crippen molar-refractivity contribution in [2.24, 2.45) is 5.92 Å². The van der Waals surface area contributed by atoms with Gasteiger partial charge in [-0.2, -0.15) is 0 Å². The van der Waals surface area contributed by atoms with E-state index in [0.717, 1.165) is 50.0 Å². The van der Waals surface area contributed by atoms with Crippen molar-refractivity contribution in [3.8, 4) is 0 Å². The number of ether oxygens (including phenoxy) is 4. The maximum absolute atomic E-state index is 6.12. The van der Waals surface area contributed by atoms with Crippen LogP contribution in [0.2, 0.25) is 0 Å². The third-order valence-corrected chi connectivity index (χ3v) is 4.61. The first-order valence-electron chi connectivity index (χ1n) is 9.27. The maximum Gasteiger partial charge on any atom is 0.158 e. The molecule has 2 aliphatic heterocycles. The van der Waals surface area contributed by atoms with Crippen molar-refractivity contribution >= 4 is 0 Å². The summed E-state index contributed by atoms with van der Waals surface area (Å²) in [6, 6.07) is 0. The van der Waals surface area contributed by atoms with Crippen LogP contribution in [0.3, 0.4) is 0 Å². The van der Waals surface area contributed by atoms with E-state index in [4.69, 9.17) is 18.9 Å². The molecule has 0 aromatic heterocycles. The van der Waals surface area contributed by atoms with Gasteiger partial charge in [-0.25, -0.2) is 0 Å². The summed E-state index contributed by atoms with van der Waals surface area (Å²) in [4.78, 5) is 0. The molecule has 2 aliphatic rings. The van der Waals surface area contributed by atoms with Crippen molar-refractivity contribution in [1.82, 2.24) is 0 Å². The van der Waals surface area contributed by atoms with Crippen LogP contribution in [-0.2, 0) is 18.9 Å². The zero-order valence-electron chi connectivity index (χ0n) is 15.1. The Kier molecular flexibility index (Phi) is 8.04. The lowest BCUT2D eigenvalue weighted by Crippen LogP contribution is -2.38. The summed E-state index contributed by atoms with van der Waals surface area (Å²) in [5.41, 5.74) is 1.16. The quantitative estimate of drug-likeness (QED) is 0.618. The van der Waals surface area contributed by atoms with Crippen LogP contribution in [0.25, 0.3) is 0 Å². The van der Waals surface area contributed by atoms with Crippen molar-refractivity contribution in [3.05, 3.63) is 12.2 Å². The largest absolute Gasteiger partial charge is 0.350 e. The highest BCUT2D eigenvalue weighted by Gasteiger charge is 2.28. The molecule has 2 heterocycles. The van der Waals surface area contributed by atoms with Gasteiger partial charge >= 0.3 is 0 Å². The molecule has 0 radical (unpaired) electrons. The van der Waals surface area contributed by atoms with Gasteiger partial charge in [-0.3, -0.25) is 0 Å². The Morgan fingerprint density at radius 3 is 2.52 bits per heavy atom. The lowest BCUT2D eigenvalue weighted by molar-refractivity contribution is -0.247. The SMILES string of the molecule is C=C1CCC(O[C@@H]2CCC(OC(CC)CCC(C)C)OC2)OC1. The second-order valence-electron chi connectivity index (χ2n) is 7.27. The minimum absolute atomic E-state index is 0.0704. The third-order valence-electron chi connectivity index (χ3n) is 4.61. The van der Waals surface area contributed by atoms with Gasteiger partial charge in [0.1, 0.15) is 0 Å². The van der Waals surface area contributed by atoms with Crippen LogP contribution in [0.15, 0.2) is 12.2 Å². The molecule has 0 amide bonds. The maximum atomic E-state index is 6.12. The fourth-order valence-electron chi connectivity index (χ4n) is 3.03. The minimum Gasteiger partial charge on any atom is -0.350 e. The van der Waals surface area contributed by atoms with Crippen molar-refractivity contribution in [2.45, 2.75) is 90.5 Å². The van der Waals surface area contributed by atoms with Crippen LogP contribution in [-0.4, -0.2) is 38.0 Å². The molecule has 2 rings (SSSR count). The lowest BCUT2D eigenvalue weighted by Gasteiger charge is -2.34. The molecule has 3 unspecified atom stereocenters. The van der Waals surface area contributed by atoms with Gasteiger partial charge in [-0.1, -0.05) is 32.9 Å². The molecular weight excluding hydrogens is 292 g/mol. The Hall–Kier alpha value is -0.420. The number of hydrogen-bond donors (Lipinski definition) is 0. The summed E-state index contributed by atoms with van der Waals surface area (Å²) in [6.45, 7) is 11.9. The van der Waals surface area contributed by atoms with Crippen LogP contribution >= 0.6 is 0 Å². The van der Waals surface area contributed by atoms with Crippen LogP contribution in [0.1, 0.15) is 65.7 Å². The highest BCUT2D eigenvalue weighted by molar-refractivity contribution is 4.96. The molecule has 0 aromatic carbocycles. The van der Waals surface area contributed by atoms with Crippen molar-refractivity contribution in [2.75, 3.05) is 13.2 Å². The van der Waals surface area contributed by atoms with Crippen molar-refractivity contribution in [1.29, 1.82) is 0 Å². The molecule has 2 saturated heterocycles. The van der Waals surface area contributed by atoms with E-state index in [9.17, 15) is 0 Å². The second-order valence-corrected chi connectivity index (χ2v) is 7.27. The molecule has 0 N–H and O–H groups in total. The summed E-state index contributed by atoms with van der Waals surface area (Å²) in [5, 5.41) is 0. The standard InChI is InChI=1S/C19H34O4/c1-5-16(8-6-14(2)3)22-19-11-9-17(13-21-19)23-18-10-7-15(4)12-20-18/h14,16-19H,4-13H2,1-3H3/t16?,17-,18?,19?/m1/s1. The van der Waals surface area contributed by atoms with Gasteiger partial charge in [-0.05, 0) is 38.0 Å². The molecule has 2 fully saturated rings. The van der Waals surface area contributed by atoms with E-state index in [0.29, 0.717) is 19.3 Å². The molecule has 4 atom stereocenters. The van der Waals surface area contributed by atoms with E-state index in [1.165, 1.54) is 6.42 Å². The summed E-state index contributed by atoms with van der Waals surface area (Å²) < 4.78 is 23.6. The summed E-state index contributed by atoms with van der Waals surface area (Å²) in [6.07, 6.45) is 7.44. The number of hydrogen-bond acceptors (Lipinski definition) is 4. The van der Waals surface area contributed by atoms with Crippen LogP contribution in [0, 0.1) is 5.92 Å². The molecule has 0 saturated carbocycles. The van der Waals surface area contributed by atoms with E-state index >= 15 is 0 Å². The Morgan fingerprint density at radius 1 is 1.13 bits per heavy atom. The van der Waals surface area contributed by atoms with Crippen molar-refractivity contribution in [3.63, 3.8) is 0 Å². The van der Waals surface area contributed by atoms with Gasteiger partial charge in [0.2, 0.25) is 0 Å². The predicted molar refractivity (Wildman–Crippen MR) is 91.2 cm³/mol. The van der Waals surface area contributed by atoms with Gasteiger partial charge in [-0.15, -0.1) is 0 Å². The Morgan fingerprint density at radius 2 is 1.96 bits per heavy atom. The normalized spacial score (nSPS) is 30.6. The van der Waals surface area contributed by atoms with Crippen LogP contribution in [0.5, 0.6) is 0 Å². The fraction of sp³-hybridized carbons (Fsp3) is 0.895. The lowest BCUT2D eigenvalue weighted by atomic mass is 10.0. The minimum atomic E-state index is -0.0963. The molecular formula is C19H34O4. The molecule has 134 valence electrons. The van der Waals surface area contributed by atoms with Gasteiger partial charge in [0.05, 0.1) is 25.4 Å². The topological polar surface area (TPSA) is 36.9 Å². The van der Waals surface area contributed by atoms with E-state index in [1.54, 1.807) is 0 Å². The van der Waals surface area contributed by atoms with Crippen LogP contribution in [0.4, 0.5) is 0 Å². The second kappa shape index (κ2) is 9.77. The first kappa shape index (κ1) is 18.9. The summed E-state index contributed by atoms with van der Waals surface area (Å²) in [7, 11) is 0. The smallest absolute Gasteiger partial charge is 0.158 e.